The Labute approximate surface area is 174 Å². The number of thioether (sulfide) groups is 1. The molecule has 2 N–H and O–H groups in total. The van der Waals surface area contributed by atoms with Gasteiger partial charge in [0.1, 0.15) is 5.82 Å². The van der Waals surface area contributed by atoms with Gasteiger partial charge in [-0.2, -0.15) is 11.8 Å². The number of aliphatic imine (C=N–C) groups is 1. The Morgan fingerprint density at radius 2 is 2.04 bits per heavy atom. The lowest BCUT2D eigenvalue weighted by Gasteiger charge is -2.11. The van der Waals surface area contributed by atoms with Crippen LogP contribution in [0.4, 0.5) is 4.39 Å². The summed E-state index contributed by atoms with van der Waals surface area (Å²) in [5, 5.41) is 9.73. The molecule has 1 heterocycles. The molecular weight excluding hydrogens is 470 g/mol. The second-order valence-electron chi connectivity index (χ2n) is 5.18. The highest BCUT2D eigenvalue weighted by Gasteiger charge is 2.02. The average Bonchev–Trinajstić information content (AvgIpc) is 3.00. The summed E-state index contributed by atoms with van der Waals surface area (Å²) < 4.78 is 13.5. The zero-order chi connectivity index (χ0) is 17.2. The molecule has 2 aromatic rings. The molecule has 0 amide bonds. The number of hydrogen-bond acceptors (Lipinski definition) is 4. The number of hydrogen-bond donors (Lipinski definition) is 2. The fraction of sp³-hybridized carbons (Fsp3) is 0.412. The van der Waals surface area contributed by atoms with E-state index in [-0.39, 0.29) is 29.8 Å². The predicted octanol–water partition coefficient (Wildman–Crippen LogP) is 3.85. The van der Waals surface area contributed by atoms with Crippen LogP contribution >= 0.6 is 47.1 Å². The average molecular weight is 494 g/mol. The third kappa shape index (κ3) is 8.37. The lowest BCUT2D eigenvalue weighted by molar-refractivity contribution is 0.617. The monoisotopic (exact) mass is 494 g/mol. The van der Waals surface area contributed by atoms with E-state index < -0.39 is 0 Å². The van der Waals surface area contributed by atoms with Crippen LogP contribution in [0.15, 0.2) is 34.6 Å². The third-order valence-electron chi connectivity index (χ3n) is 3.32. The summed E-state index contributed by atoms with van der Waals surface area (Å²) in [6.45, 7) is 3.60. The minimum atomic E-state index is -0.132. The molecule has 0 saturated heterocycles. The number of nitrogens with zero attached hydrogens (tertiary/aromatic N) is 2. The number of nitrogens with one attached hydrogen (secondary N) is 2. The summed E-state index contributed by atoms with van der Waals surface area (Å²) in [5.41, 5.74) is 1.87. The minimum Gasteiger partial charge on any atom is -0.356 e. The molecule has 0 aliphatic carbocycles. The van der Waals surface area contributed by atoms with Gasteiger partial charge >= 0.3 is 0 Å². The largest absolute Gasteiger partial charge is 0.356 e. The van der Waals surface area contributed by atoms with Crippen LogP contribution < -0.4 is 10.6 Å². The van der Waals surface area contributed by atoms with Crippen molar-refractivity contribution in [3.05, 3.63) is 51.7 Å². The molecular formula is C17H24FIN4S2. The molecule has 25 heavy (non-hydrogen) atoms. The number of aromatic nitrogens is 1. The third-order valence-corrected chi connectivity index (χ3v) is 5.15. The molecule has 0 radical (unpaired) electrons. The smallest absolute Gasteiger partial charge is 0.191 e. The second-order valence-corrected chi connectivity index (χ2v) is 7.35. The number of rotatable bonds is 8. The number of halogens is 2. The van der Waals surface area contributed by atoms with Gasteiger partial charge in [0.15, 0.2) is 5.96 Å². The Balaban J connectivity index is 0.00000312. The minimum absolute atomic E-state index is 0. The van der Waals surface area contributed by atoms with Gasteiger partial charge in [0.05, 0.1) is 10.7 Å². The number of aryl methyl sites for hydroxylation is 1. The van der Waals surface area contributed by atoms with Crippen molar-refractivity contribution >= 4 is 53.0 Å². The predicted molar refractivity (Wildman–Crippen MR) is 118 cm³/mol. The molecule has 1 aromatic carbocycles. The molecule has 8 heteroatoms. The Morgan fingerprint density at radius 1 is 1.28 bits per heavy atom. The Morgan fingerprint density at radius 3 is 2.72 bits per heavy atom. The number of guanidine groups is 1. The van der Waals surface area contributed by atoms with Crippen LogP contribution in [-0.4, -0.2) is 36.8 Å². The molecule has 0 fully saturated rings. The molecule has 0 atom stereocenters. The molecule has 0 bridgehead atoms. The van der Waals surface area contributed by atoms with Crippen LogP contribution in [0.5, 0.6) is 0 Å². The number of thiazole rings is 1. The van der Waals surface area contributed by atoms with Gasteiger partial charge in [-0.05, 0) is 18.6 Å². The highest BCUT2D eigenvalue weighted by molar-refractivity contribution is 14.0. The van der Waals surface area contributed by atoms with Crippen molar-refractivity contribution in [2.45, 2.75) is 19.1 Å². The first-order chi connectivity index (χ1) is 11.7. The zero-order valence-electron chi connectivity index (χ0n) is 14.4. The van der Waals surface area contributed by atoms with Gasteiger partial charge in [0.2, 0.25) is 0 Å². The van der Waals surface area contributed by atoms with Crippen LogP contribution in [0.25, 0.3) is 0 Å². The van der Waals surface area contributed by atoms with E-state index in [2.05, 4.69) is 26.0 Å². The van der Waals surface area contributed by atoms with Gasteiger partial charge in [0.25, 0.3) is 0 Å². The SMILES string of the molecule is CN=C(NCCSCc1ccccc1F)NCCc1csc(C)n1.I. The maximum Gasteiger partial charge on any atom is 0.191 e. The first-order valence-electron chi connectivity index (χ1n) is 7.85. The molecule has 1 aromatic heterocycles. The van der Waals surface area contributed by atoms with Crippen LogP contribution in [0.3, 0.4) is 0 Å². The van der Waals surface area contributed by atoms with Gasteiger partial charge in [-0.3, -0.25) is 4.99 Å². The molecule has 2 rings (SSSR count). The molecule has 4 nitrogen and oxygen atoms in total. The second kappa shape index (κ2) is 12.5. The topological polar surface area (TPSA) is 49.3 Å². The first-order valence-corrected chi connectivity index (χ1v) is 9.89. The van der Waals surface area contributed by atoms with E-state index in [1.54, 1.807) is 36.2 Å². The fourth-order valence-electron chi connectivity index (χ4n) is 2.09. The Hall–Kier alpha value is -0.870. The van der Waals surface area contributed by atoms with E-state index in [1.807, 2.05) is 19.1 Å². The molecule has 0 unspecified atom stereocenters. The van der Waals surface area contributed by atoms with Crippen molar-refractivity contribution in [2.75, 3.05) is 25.9 Å². The Bertz CT molecular complexity index is 664. The quantitative estimate of drug-likeness (QED) is 0.254. The standard InChI is InChI=1S/C17H23FN4S2.HI/c1-13-22-15(12-24-13)7-8-20-17(19-2)21-9-10-23-11-14-5-3-4-6-16(14)18;/h3-6,12H,7-11H2,1-2H3,(H2,19,20,21);1H. The maximum absolute atomic E-state index is 13.5. The van der Waals surface area contributed by atoms with Crippen molar-refractivity contribution in [2.24, 2.45) is 4.99 Å². The molecule has 0 spiro atoms. The number of benzene rings is 1. The van der Waals surface area contributed by atoms with Crippen LogP contribution in [0.2, 0.25) is 0 Å². The van der Waals surface area contributed by atoms with Crippen LogP contribution in [0.1, 0.15) is 16.3 Å². The van der Waals surface area contributed by atoms with E-state index in [9.17, 15) is 4.39 Å². The van der Waals surface area contributed by atoms with E-state index in [0.717, 1.165) is 47.5 Å². The highest BCUT2D eigenvalue weighted by Crippen LogP contribution is 2.14. The molecule has 0 saturated carbocycles. The molecule has 0 aliphatic rings. The van der Waals surface area contributed by atoms with Crippen molar-refractivity contribution in [1.82, 2.24) is 15.6 Å². The summed E-state index contributed by atoms with van der Waals surface area (Å²) in [5.74, 6) is 2.23. The van der Waals surface area contributed by atoms with Crippen LogP contribution in [0, 0.1) is 12.7 Å². The van der Waals surface area contributed by atoms with Crippen molar-refractivity contribution in [3.63, 3.8) is 0 Å². The van der Waals surface area contributed by atoms with E-state index in [1.165, 1.54) is 6.07 Å². The summed E-state index contributed by atoms with van der Waals surface area (Å²) in [6, 6.07) is 6.92. The zero-order valence-corrected chi connectivity index (χ0v) is 18.4. The van der Waals surface area contributed by atoms with Gasteiger partial charge in [-0.25, -0.2) is 9.37 Å². The fourth-order valence-corrected chi connectivity index (χ4v) is 3.58. The lowest BCUT2D eigenvalue weighted by Crippen LogP contribution is -2.39. The van der Waals surface area contributed by atoms with E-state index >= 15 is 0 Å². The van der Waals surface area contributed by atoms with Crippen LogP contribution in [-0.2, 0) is 12.2 Å². The summed E-state index contributed by atoms with van der Waals surface area (Å²) in [6.07, 6.45) is 0.882. The van der Waals surface area contributed by atoms with E-state index in [0.29, 0.717) is 5.75 Å². The van der Waals surface area contributed by atoms with Gasteiger partial charge < -0.3 is 10.6 Å². The molecule has 0 aliphatic heterocycles. The van der Waals surface area contributed by atoms with Crippen molar-refractivity contribution < 1.29 is 4.39 Å². The summed E-state index contributed by atoms with van der Waals surface area (Å²) in [7, 11) is 1.76. The molecule has 138 valence electrons. The summed E-state index contributed by atoms with van der Waals surface area (Å²) >= 11 is 3.38. The summed E-state index contributed by atoms with van der Waals surface area (Å²) in [4.78, 5) is 8.64. The van der Waals surface area contributed by atoms with Gasteiger partial charge in [-0.1, -0.05) is 18.2 Å². The first kappa shape index (κ1) is 22.2. The lowest BCUT2D eigenvalue weighted by atomic mass is 10.2. The highest BCUT2D eigenvalue weighted by atomic mass is 127. The van der Waals surface area contributed by atoms with Crippen molar-refractivity contribution in [1.29, 1.82) is 0 Å². The van der Waals surface area contributed by atoms with Gasteiger partial charge in [-0.15, -0.1) is 35.3 Å². The van der Waals surface area contributed by atoms with E-state index in [4.69, 9.17) is 0 Å². The maximum atomic E-state index is 13.5. The van der Waals surface area contributed by atoms with Crippen molar-refractivity contribution in [3.8, 4) is 0 Å². The normalized spacial score (nSPS) is 11.1. The van der Waals surface area contributed by atoms with Gasteiger partial charge in [0, 0.05) is 43.4 Å². The Kier molecular flexibility index (Phi) is 11.1.